The van der Waals surface area contributed by atoms with E-state index in [1.807, 2.05) is 18.2 Å². The van der Waals surface area contributed by atoms with Crippen molar-refractivity contribution in [1.29, 1.82) is 0 Å². The van der Waals surface area contributed by atoms with Gasteiger partial charge in [0, 0.05) is 25.3 Å². The van der Waals surface area contributed by atoms with Gasteiger partial charge in [-0.25, -0.2) is 13.8 Å². The molecule has 2 aromatic rings. The van der Waals surface area contributed by atoms with Gasteiger partial charge in [0.15, 0.2) is 0 Å². The number of fused-ring (bicyclic) bond motifs is 1. The number of hydrogen-bond donors (Lipinski definition) is 2. The molecule has 102 valence electrons. The minimum atomic E-state index is -2.50. The van der Waals surface area contributed by atoms with E-state index in [2.05, 4.69) is 9.97 Å². The zero-order valence-corrected chi connectivity index (χ0v) is 10.6. The molecule has 0 saturated heterocycles. The molecular weight excluding hydrogens is 248 g/mol. The van der Waals surface area contributed by atoms with Crippen LogP contribution in [0.3, 0.4) is 0 Å². The number of imidazole rings is 1. The summed E-state index contributed by atoms with van der Waals surface area (Å²) in [4.78, 5) is 7.83. The number of halogens is 2. The molecule has 1 saturated carbocycles. The van der Waals surface area contributed by atoms with Crippen LogP contribution in [0.5, 0.6) is 0 Å². The first kappa shape index (κ1) is 12.5. The minimum Gasteiger partial charge on any atom is -0.342 e. The van der Waals surface area contributed by atoms with Crippen molar-refractivity contribution in [3.8, 4) is 0 Å². The van der Waals surface area contributed by atoms with E-state index >= 15 is 0 Å². The Morgan fingerprint density at radius 2 is 2.05 bits per heavy atom. The van der Waals surface area contributed by atoms with Crippen LogP contribution in [0.2, 0.25) is 0 Å². The fourth-order valence-corrected chi connectivity index (χ4v) is 2.78. The molecule has 3 N–H and O–H groups in total. The van der Waals surface area contributed by atoms with E-state index in [0.717, 1.165) is 22.4 Å². The third kappa shape index (κ3) is 2.34. The highest BCUT2D eigenvalue weighted by Gasteiger charge is 2.36. The molecule has 0 amide bonds. The van der Waals surface area contributed by atoms with Crippen molar-refractivity contribution >= 4 is 11.0 Å². The van der Waals surface area contributed by atoms with Crippen molar-refractivity contribution in [2.24, 2.45) is 5.73 Å². The quantitative estimate of drug-likeness (QED) is 0.875. The molecule has 0 atom stereocenters. The molecule has 0 aliphatic heterocycles. The van der Waals surface area contributed by atoms with Crippen LogP contribution in [0.4, 0.5) is 8.78 Å². The van der Waals surface area contributed by atoms with Crippen LogP contribution in [0, 0.1) is 0 Å². The fourth-order valence-electron chi connectivity index (χ4n) is 2.78. The largest absolute Gasteiger partial charge is 0.342 e. The smallest absolute Gasteiger partial charge is 0.248 e. The highest BCUT2D eigenvalue weighted by Crippen LogP contribution is 2.40. The van der Waals surface area contributed by atoms with Crippen molar-refractivity contribution in [2.45, 2.75) is 44.1 Å². The Labute approximate surface area is 110 Å². The van der Waals surface area contributed by atoms with E-state index in [4.69, 9.17) is 5.73 Å². The predicted octanol–water partition coefficient (Wildman–Crippen LogP) is 3.31. The Morgan fingerprint density at radius 1 is 1.32 bits per heavy atom. The van der Waals surface area contributed by atoms with Crippen LogP contribution < -0.4 is 5.73 Å². The number of benzene rings is 1. The summed E-state index contributed by atoms with van der Waals surface area (Å²) in [7, 11) is 0. The molecule has 1 heterocycles. The van der Waals surface area contributed by atoms with Gasteiger partial charge in [0.1, 0.15) is 5.82 Å². The summed E-state index contributed by atoms with van der Waals surface area (Å²) in [6.07, 6.45) is 0.895. The van der Waals surface area contributed by atoms with Gasteiger partial charge in [-0.15, -0.1) is 0 Å². The monoisotopic (exact) mass is 265 g/mol. The van der Waals surface area contributed by atoms with Crippen molar-refractivity contribution in [3.63, 3.8) is 0 Å². The van der Waals surface area contributed by atoms with Crippen LogP contribution in [0.15, 0.2) is 18.2 Å². The number of hydrogen-bond acceptors (Lipinski definition) is 2. The Balaban J connectivity index is 1.90. The van der Waals surface area contributed by atoms with Crippen molar-refractivity contribution < 1.29 is 8.78 Å². The third-order valence-electron chi connectivity index (χ3n) is 3.94. The van der Waals surface area contributed by atoms with Gasteiger partial charge in [0.25, 0.3) is 0 Å². The van der Waals surface area contributed by atoms with E-state index in [-0.39, 0.29) is 18.8 Å². The lowest BCUT2D eigenvalue weighted by Crippen LogP contribution is -2.24. The number of nitrogens with zero attached hydrogens (tertiary/aromatic N) is 1. The van der Waals surface area contributed by atoms with Gasteiger partial charge in [-0.3, -0.25) is 0 Å². The van der Waals surface area contributed by atoms with Crippen LogP contribution in [0.1, 0.15) is 43.0 Å². The molecule has 0 spiro atoms. The van der Waals surface area contributed by atoms with Crippen molar-refractivity contribution in [1.82, 2.24) is 9.97 Å². The molecule has 5 heteroatoms. The van der Waals surface area contributed by atoms with E-state index in [1.54, 1.807) is 0 Å². The third-order valence-corrected chi connectivity index (χ3v) is 3.94. The summed E-state index contributed by atoms with van der Waals surface area (Å²) in [6, 6.07) is 5.83. The Morgan fingerprint density at radius 3 is 2.74 bits per heavy atom. The summed E-state index contributed by atoms with van der Waals surface area (Å²) in [5, 5.41) is 0. The van der Waals surface area contributed by atoms with Crippen molar-refractivity contribution in [3.05, 3.63) is 29.6 Å². The summed E-state index contributed by atoms with van der Waals surface area (Å²) >= 11 is 0. The van der Waals surface area contributed by atoms with Crippen LogP contribution in [0.25, 0.3) is 11.0 Å². The molecule has 1 aliphatic carbocycles. The molecule has 0 bridgehead atoms. The molecule has 1 fully saturated rings. The van der Waals surface area contributed by atoms with Gasteiger partial charge in [-0.05, 0) is 24.5 Å². The maximum atomic E-state index is 13.2. The molecule has 19 heavy (non-hydrogen) atoms. The topological polar surface area (TPSA) is 54.7 Å². The number of H-pyrrole nitrogens is 1. The molecule has 0 radical (unpaired) electrons. The SMILES string of the molecule is NCc1cccc2[nH]c(C3CCC(F)(F)CC3)nc12. The van der Waals surface area contributed by atoms with E-state index in [9.17, 15) is 8.78 Å². The summed E-state index contributed by atoms with van der Waals surface area (Å²) < 4.78 is 26.3. The Hall–Kier alpha value is -1.49. The summed E-state index contributed by atoms with van der Waals surface area (Å²) in [6.45, 7) is 0.435. The number of nitrogens with one attached hydrogen (secondary N) is 1. The normalized spacial score (nSPS) is 19.9. The van der Waals surface area contributed by atoms with Gasteiger partial charge in [-0.1, -0.05) is 12.1 Å². The van der Waals surface area contributed by atoms with Gasteiger partial charge in [0.05, 0.1) is 11.0 Å². The lowest BCUT2D eigenvalue weighted by Gasteiger charge is -2.26. The standard InChI is InChI=1S/C14H17F2N3/c15-14(16)6-4-9(5-7-14)13-18-11-3-1-2-10(8-17)12(11)19-13/h1-3,9H,4-8,17H2,(H,18,19). The van der Waals surface area contributed by atoms with Crippen LogP contribution >= 0.6 is 0 Å². The highest BCUT2D eigenvalue weighted by atomic mass is 19.3. The summed E-state index contributed by atoms with van der Waals surface area (Å²) in [5.74, 6) is -1.56. The molecule has 1 aliphatic rings. The van der Waals surface area contributed by atoms with Gasteiger partial charge >= 0.3 is 0 Å². The van der Waals surface area contributed by atoms with Gasteiger partial charge in [0.2, 0.25) is 5.92 Å². The van der Waals surface area contributed by atoms with Crippen LogP contribution in [-0.2, 0) is 6.54 Å². The second-order valence-electron chi connectivity index (χ2n) is 5.27. The lowest BCUT2D eigenvalue weighted by atomic mass is 9.86. The average molecular weight is 265 g/mol. The molecule has 3 rings (SSSR count). The van der Waals surface area contributed by atoms with Gasteiger partial charge < -0.3 is 10.7 Å². The van der Waals surface area contributed by atoms with E-state index in [0.29, 0.717) is 19.4 Å². The number of alkyl halides is 2. The Kier molecular flexibility index (Phi) is 3.01. The predicted molar refractivity (Wildman–Crippen MR) is 70.1 cm³/mol. The lowest BCUT2D eigenvalue weighted by molar-refractivity contribution is -0.0387. The zero-order valence-electron chi connectivity index (χ0n) is 10.6. The number of rotatable bonds is 2. The fraction of sp³-hybridized carbons (Fsp3) is 0.500. The molecular formula is C14H17F2N3. The second-order valence-corrected chi connectivity index (χ2v) is 5.27. The van der Waals surface area contributed by atoms with Crippen molar-refractivity contribution in [2.75, 3.05) is 0 Å². The summed E-state index contributed by atoms with van der Waals surface area (Å²) in [5.41, 5.74) is 8.49. The highest BCUT2D eigenvalue weighted by molar-refractivity contribution is 5.78. The molecule has 3 nitrogen and oxygen atoms in total. The Bertz CT molecular complexity index is 581. The van der Waals surface area contributed by atoms with Crippen LogP contribution in [-0.4, -0.2) is 15.9 Å². The maximum absolute atomic E-state index is 13.2. The number of para-hydroxylation sites is 1. The number of aromatic nitrogens is 2. The minimum absolute atomic E-state index is 0.0432. The average Bonchev–Trinajstić information content (AvgIpc) is 2.82. The maximum Gasteiger partial charge on any atom is 0.248 e. The molecule has 1 aromatic heterocycles. The first-order chi connectivity index (χ1) is 9.09. The van der Waals surface area contributed by atoms with E-state index < -0.39 is 5.92 Å². The van der Waals surface area contributed by atoms with E-state index in [1.165, 1.54) is 0 Å². The number of nitrogens with two attached hydrogens (primary N) is 1. The first-order valence-corrected chi connectivity index (χ1v) is 6.64. The second kappa shape index (κ2) is 4.56. The first-order valence-electron chi connectivity index (χ1n) is 6.64. The zero-order chi connectivity index (χ0) is 13.5. The number of aromatic amines is 1. The molecule has 1 aromatic carbocycles. The molecule has 0 unspecified atom stereocenters. The van der Waals surface area contributed by atoms with Gasteiger partial charge in [-0.2, -0.15) is 0 Å².